The molecule has 0 unspecified atom stereocenters. The quantitative estimate of drug-likeness (QED) is 0.662. The number of hydrogen-bond donors (Lipinski definition) is 2. The maximum absolute atomic E-state index is 11.2. The summed E-state index contributed by atoms with van der Waals surface area (Å²) in [5, 5.41) is 18.4. The molecule has 3 heterocycles. The second-order valence-corrected chi connectivity index (χ2v) is 4.30. The molecule has 23 heavy (non-hydrogen) atoms. The van der Waals surface area contributed by atoms with Gasteiger partial charge in [0.25, 0.3) is 0 Å². The Labute approximate surface area is 130 Å². The summed E-state index contributed by atoms with van der Waals surface area (Å²) in [4.78, 5) is 23.4. The first kappa shape index (κ1) is 14.5. The molecule has 3 aromatic heterocycles. The molecule has 10 heteroatoms. The highest BCUT2D eigenvalue weighted by Crippen LogP contribution is 2.14. The van der Waals surface area contributed by atoms with Gasteiger partial charge in [-0.15, -0.1) is 20.4 Å². The Bertz CT molecular complexity index is 790. The first-order valence-corrected chi connectivity index (χ1v) is 6.57. The van der Waals surface area contributed by atoms with E-state index in [9.17, 15) is 4.79 Å². The molecule has 1 amide bonds. The minimum atomic E-state index is -0.300. The highest BCUT2D eigenvalue weighted by atomic mass is 16.1. The van der Waals surface area contributed by atoms with Crippen LogP contribution in [-0.4, -0.2) is 47.8 Å². The van der Waals surface area contributed by atoms with Crippen molar-refractivity contribution in [3.8, 4) is 23.2 Å². The van der Waals surface area contributed by atoms with Crippen LogP contribution in [0.15, 0.2) is 36.8 Å². The predicted molar refractivity (Wildman–Crippen MR) is 79.6 cm³/mol. The maximum Gasteiger partial charge on any atom is 0.240 e. The van der Waals surface area contributed by atoms with Gasteiger partial charge in [0.2, 0.25) is 23.4 Å². The lowest BCUT2D eigenvalue weighted by atomic mass is 10.3. The van der Waals surface area contributed by atoms with Gasteiger partial charge in [0.1, 0.15) is 5.69 Å². The van der Waals surface area contributed by atoms with Gasteiger partial charge in [-0.1, -0.05) is 0 Å². The normalized spacial score (nSPS) is 10.3. The molecule has 0 saturated heterocycles. The second kappa shape index (κ2) is 6.58. The molecule has 3 aromatic rings. The largest absolute Gasteiger partial charge is 0.324 e. The summed E-state index contributed by atoms with van der Waals surface area (Å²) in [7, 11) is 0. The van der Waals surface area contributed by atoms with Crippen LogP contribution in [0.5, 0.6) is 0 Å². The third-order valence-corrected chi connectivity index (χ3v) is 2.71. The Balaban J connectivity index is 1.78. The fraction of sp³-hybridized carbons (Fsp3) is 0.0769. The van der Waals surface area contributed by atoms with E-state index < -0.39 is 0 Å². The molecule has 0 atom stereocenters. The number of amides is 1. The molecular weight excluding hydrogens is 298 g/mol. The number of nitrogens with one attached hydrogen (secondary N) is 1. The van der Waals surface area contributed by atoms with Crippen molar-refractivity contribution in [3.63, 3.8) is 0 Å². The SMILES string of the molecule is NCC(=O)Nc1ccc(-c2nnc(-c3ncccn3)nn2)nc1. The van der Waals surface area contributed by atoms with E-state index in [2.05, 4.69) is 40.7 Å². The minimum Gasteiger partial charge on any atom is -0.324 e. The number of aromatic nitrogens is 7. The number of carbonyl (C=O) groups is 1. The van der Waals surface area contributed by atoms with Gasteiger partial charge in [-0.3, -0.25) is 9.78 Å². The standard InChI is InChI=1S/C13H11N9O/c14-6-10(23)18-8-2-3-9(17-7-8)11-19-21-13(22-20-11)12-15-4-1-5-16-12/h1-5,7H,6,14H2,(H,18,23). The van der Waals surface area contributed by atoms with Crippen LogP contribution in [0.3, 0.4) is 0 Å². The summed E-state index contributed by atoms with van der Waals surface area (Å²) in [5.74, 6) is 0.515. The summed E-state index contributed by atoms with van der Waals surface area (Å²) >= 11 is 0. The number of pyridine rings is 1. The zero-order valence-corrected chi connectivity index (χ0v) is 11.8. The summed E-state index contributed by atoms with van der Waals surface area (Å²) < 4.78 is 0. The van der Waals surface area contributed by atoms with E-state index in [1.54, 1.807) is 30.6 Å². The molecule has 0 aromatic carbocycles. The van der Waals surface area contributed by atoms with Gasteiger partial charge in [-0.05, 0) is 18.2 Å². The van der Waals surface area contributed by atoms with Gasteiger partial charge in [-0.2, -0.15) is 0 Å². The highest BCUT2D eigenvalue weighted by Gasteiger charge is 2.09. The van der Waals surface area contributed by atoms with Crippen molar-refractivity contribution in [2.75, 3.05) is 11.9 Å². The van der Waals surface area contributed by atoms with Gasteiger partial charge in [0.15, 0.2) is 0 Å². The number of nitrogens with two attached hydrogens (primary N) is 1. The molecule has 0 aliphatic rings. The van der Waals surface area contributed by atoms with Gasteiger partial charge in [-0.25, -0.2) is 9.97 Å². The van der Waals surface area contributed by atoms with Crippen molar-refractivity contribution in [2.45, 2.75) is 0 Å². The molecule has 0 bridgehead atoms. The van der Waals surface area contributed by atoms with E-state index in [0.29, 0.717) is 17.2 Å². The summed E-state index contributed by atoms with van der Waals surface area (Å²) in [6.07, 6.45) is 4.63. The van der Waals surface area contributed by atoms with E-state index in [0.717, 1.165) is 0 Å². The second-order valence-electron chi connectivity index (χ2n) is 4.30. The molecule has 0 fully saturated rings. The molecule has 0 aliphatic heterocycles. The maximum atomic E-state index is 11.2. The average Bonchev–Trinajstić information content (AvgIpc) is 2.63. The first-order valence-electron chi connectivity index (χ1n) is 6.57. The van der Waals surface area contributed by atoms with Crippen molar-refractivity contribution in [3.05, 3.63) is 36.8 Å². The van der Waals surface area contributed by atoms with Crippen molar-refractivity contribution < 1.29 is 4.79 Å². The van der Waals surface area contributed by atoms with E-state index >= 15 is 0 Å². The number of anilines is 1. The van der Waals surface area contributed by atoms with Crippen LogP contribution in [0, 0.1) is 0 Å². The number of nitrogens with zero attached hydrogens (tertiary/aromatic N) is 7. The Morgan fingerprint density at radius 3 is 2.26 bits per heavy atom. The van der Waals surface area contributed by atoms with Crippen LogP contribution in [0.25, 0.3) is 23.2 Å². The average molecular weight is 309 g/mol. The van der Waals surface area contributed by atoms with Crippen LogP contribution >= 0.6 is 0 Å². The third-order valence-electron chi connectivity index (χ3n) is 2.71. The van der Waals surface area contributed by atoms with Crippen LogP contribution in [0.1, 0.15) is 0 Å². The van der Waals surface area contributed by atoms with Crippen molar-refractivity contribution in [1.82, 2.24) is 35.3 Å². The topological polar surface area (TPSA) is 145 Å². The fourth-order valence-corrected chi connectivity index (χ4v) is 1.65. The van der Waals surface area contributed by atoms with E-state index in [-0.39, 0.29) is 24.1 Å². The smallest absolute Gasteiger partial charge is 0.240 e. The molecule has 0 spiro atoms. The number of carbonyl (C=O) groups excluding carboxylic acids is 1. The fourth-order valence-electron chi connectivity index (χ4n) is 1.65. The molecule has 3 rings (SSSR count). The van der Waals surface area contributed by atoms with Crippen LogP contribution in [0.4, 0.5) is 5.69 Å². The Hall–Kier alpha value is -3.40. The summed E-state index contributed by atoms with van der Waals surface area (Å²) in [6, 6.07) is 4.99. The predicted octanol–water partition coefficient (Wildman–Crippen LogP) is -0.317. The Morgan fingerprint density at radius 2 is 1.65 bits per heavy atom. The van der Waals surface area contributed by atoms with E-state index in [1.807, 2.05) is 0 Å². The third kappa shape index (κ3) is 3.44. The lowest BCUT2D eigenvalue weighted by molar-refractivity contribution is -0.114. The minimum absolute atomic E-state index is 0.0955. The van der Waals surface area contributed by atoms with E-state index in [1.165, 1.54) is 6.20 Å². The van der Waals surface area contributed by atoms with Crippen LogP contribution in [0.2, 0.25) is 0 Å². The zero-order chi connectivity index (χ0) is 16.1. The molecule has 10 nitrogen and oxygen atoms in total. The molecule has 114 valence electrons. The van der Waals surface area contributed by atoms with E-state index in [4.69, 9.17) is 5.73 Å². The Kier molecular flexibility index (Phi) is 4.16. The van der Waals surface area contributed by atoms with Crippen LogP contribution < -0.4 is 11.1 Å². The zero-order valence-electron chi connectivity index (χ0n) is 11.8. The monoisotopic (exact) mass is 309 g/mol. The van der Waals surface area contributed by atoms with Gasteiger partial charge >= 0.3 is 0 Å². The molecule has 0 saturated carbocycles. The number of hydrogen-bond acceptors (Lipinski definition) is 9. The van der Waals surface area contributed by atoms with Gasteiger partial charge in [0.05, 0.1) is 18.4 Å². The lowest BCUT2D eigenvalue weighted by Gasteiger charge is -2.03. The van der Waals surface area contributed by atoms with Crippen molar-refractivity contribution in [2.24, 2.45) is 5.73 Å². The first-order chi connectivity index (χ1) is 11.3. The van der Waals surface area contributed by atoms with Gasteiger partial charge in [0, 0.05) is 12.4 Å². The van der Waals surface area contributed by atoms with Crippen LogP contribution in [-0.2, 0) is 4.79 Å². The summed E-state index contributed by atoms with van der Waals surface area (Å²) in [5.41, 5.74) is 6.22. The van der Waals surface area contributed by atoms with Crippen molar-refractivity contribution >= 4 is 11.6 Å². The lowest BCUT2D eigenvalue weighted by Crippen LogP contribution is -2.21. The molecular formula is C13H11N9O. The molecule has 0 aliphatic carbocycles. The summed E-state index contributed by atoms with van der Waals surface area (Å²) in [6.45, 7) is -0.0955. The highest BCUT2D eigenvalue weighted by molar-refractivity contribution is 5.91. The Morgan fingerprint density at radius 1 is 0.957 bits per heavy atom. The van der Waals surface area contributed by atoms with Gasteiger partial charge < -0.3 is 11.1 Å². The number of rotatable bonds is 4. The van der Waals surface area contributed by atoms with Crippen molar-refractivity contribution in [1.29, 1.82) is 0 Å². The molecule has 0 radical (unpaired) electrons. The molecule has 3 N–H and O–H groups in total.